The SMILES string of the molecule is CC1CC=C(CCC2=CCC(CCC3CCC(C)CC3)CC2)CC1. The van der Waals surface area contributed by atoms with Gasteiger partial charge in [-0.05, 0) is 81.5 Å². The lowest BCUT2D eigenvalue weighted by Gasteiger charge is -2.28. The molecule has 0 heteroatoms. The molecule has 2 atom stereocenters. The predicted molar refractivity (Wildman–Crippen MR) is 106 cm³/mol. The van der Waals surface area contributed by atoms with Crippen molar-refractivity contribution in [2.75, 3.05) is 0 Å². The standard InChI is InChI=1S/C24H40/c1-19-3-7-21(8-4-19)11-13-23-15-17-24(18-16-23)14-12-22-9-5-20(2)6-10-22/h7,15,19-20,22,24H,3-6,8-14,16-18H2,1-2H3. The summed E-state index contributed by atoms with van der Waals surface area (Å²) < 4.78 is 0. The zero-order valence-electron chi connectivity index (χ0n) is 16.4. The molecule has 0 bridgehead atoms. The van der Waals surface area contributed by atoms with Crippen molar-refractivity contribution in [3.05, 3.63) is 23.3 Å². The number of hydrogen-bond donors (Lipinski definition) is 0. The Kier molecular flexibility index (Phi) is 7.05. The summed E-state index contributed by atoms with van der Waals surface area (Å²) in [6, 6.07) is 0. The summed E-state index contributed by atoms with van der Waals surface area (Å²) in [5.74, 6) is 4.00. The molecule has 0 aliphatic heterocycles. The zero-order valence-corrected chi connectivity index (χ0v) is 16.4. The number of rotatable bonds is 6. The Hall–Kier alpha value is -0.520. The first-order chi connectivity index (χ1) is 11.7. The van der Waals surface area contributed by atoms with Gasteiger partial charge in [0, 0.05) is 0 Å². The summed E-state index contributed by atoms with van der Waals surface area (Å²) in [6.07, 6.45) is 25.3. The minimum atomic E-state index is 0.927. The van der Waals surface area contributed by atoms with Crippen molar-refractivity contribution >= 4 is 0 Å². The molecule has 1 saturated carbocycles. The molecular weight excluding hydrogens is 288 g/mol. The molecule has 3 rings (SSSR count). The van der Waals surface area contributed by atoms with Gasteiger partial charge in [-0.25, -0.2) is 0 Å². The predicted octanol–water partition coefficient (Wildman–Crippen LogP) is 7.85. The third-order valence-corrected chi connectivity index (χ3v) is 7.27. The molecule has 3 aliphatic rings. The first-order valence-electron chi connectivity index (χ1n) is 11.0. The number of hydrogen-bond acceptors (Lipinski definition) is 0. The zero-order chi connectivity index (χ0) is 16.8. The molecule has 2 unspecified atom stereocenters. The van der Waals surface area contributed by atoms with Crippen LogP contribution in [-0.4, -0.2) is 0 Å². The second-order valence-corrected chi connectivity index (χ2v) is 9.45. The normalized spacial score (nSPS) is 34.6. The van der Waals surface area contributed by atoms with Crippen LogP contribution in [0.15, 0.2) is 23.3 Å². The van der Waals surface area contributed by atoms with Crippen LogP contribution in [0, 0.1) is 23.7 Å². The molecule has 0 radical (unpaired) electrons. The van der Waals surface area contributed by atoms with Gasteiger partial charge in [0.05, 0.1) is 0 Å². The van der Waals surface area contributed by atoms with Gasteiger partial charge in [0.2, 0.25) is 0 Å². The van der Waals surface area contributed by atoms with Crippen molar-refractivity contribution in [2.24, 2.45) is 23.7 Å². The van der Waals surface area contributed by atoms with E-state index in [0.29, 0.717) is 0 Å². The Balaban J connectivity index is 1.32. The number of allylic oxidation sites excluding steroid dienone is 4. The third-order valence-electron chi connectivity index (χ3n) is 7.27. The van der Waals surface area contributed by atoms with E-state index in [2.05, 4.69) is 26.0 Å². The highest BCUT2D eigenvalue weighted by Gasteiger charge is 2.21. The van der Waals surface area contributed by atoms with E-state index in [-0.39, 0.29) is 0 Å². The first-order valence-corrected chi connectivity index (χ1v) is 11.0. The van der Waals surface area contributed by atoms with E-state index in [9.17, 15) is 0 Å². The van der Waals surface area contributed by atoms with Gasteiger partial charge in [-0.3, -0.25) is 0 Å². The minimum absolute atomic E-state index is 0.927. The van der Waals surface area contributed by atoms with Crippen LogP contribution in [0.3, 0.4) is 0 Å². The van der Waals surface area contributed by atoms with E-state index >= 15 is 0 Å². The summed E-state index contributed by atoms with van der Waals surface area (Å²) in [6.45, 7) is 4.83. The highest BCUT2D eigenvalue weighted by Crippen LogP contribution is 2.36. The lowest BCUT2D eigenvalue weighted by Crippen LogP contribution is -2.14. The molecule has 0 nitrogen and oxygen atoms in total. The fraction of sp³-hybridized carbons (Fsp3) is 0.833. The average Bonchev–Trinajstić information content (AvgIpc) is 2.62. The fourth-order valence-electron chi connectivity index (χ4n) is 5.09. The molecule has 136 valence electrons. The monoisotopic (exact) mass is 328 g/mol. The smallest absolute Gasteiger partial charge is 0.0283 e. The molecule has 3 aliphatic carbocycles. The minimum Gasteiger partial charge on any atom is -0.0851 e. The summed E-state index contributed by atoms with van der Waals surface area (Å²) in [5.41, 5.74) is 3.53. The molecule has 0 aromatic rings. The maximum absolute atomic E-state index is 2.63. The second-order valence-electron chi connectivity index (χ2n) is 9.45. The summed E-state index contributed by atoms with van der Waals surface area (Å²) in [5, 5.41) is 0. The van der Waals surface area contributed by atoms with Crippen molar-refractivity contribution in [3.8, 4) is 0 Å². The molecule has 0 N–H and O–H groups in total. The second kappa shape index (κ2) is 9.25. The molecule has 0 saturated heterocycles. The fourth-order valence-corrected chi connectivity index (χ4v) is 5.09. The highest BCUT2D eigenvalue weighted by molar-refractivity contribution is 5.12. The van der Waals surface area contributed by atoms with Crippen LogP contribution in [-0.2, 0) is 0 Å². The molecule has 0 aromatic heterocycles. The summed E-state index contributed by atoms with van der Waals surface area (Å²) in [7, 11) is 0. The van der Waals surface area contributed by atoms with Crippen LogP contribution in [0.5, 0.6) is 0 Å². The molecular formula is C24H40. The molecule has 1 fully saturated rings. The van der Waals surface area contributed by atoms with Crippen LogP contribution in [0.4, 0.5) is 0 Å². The molecule has 0 spiro atoms. The average molecular weight is 329 g/mol. The summed E-state index contributed by atoms with van der Waals surface area (Å²) in [4.78, 5) is 0. The van der Waals surface area contributed by atoms with E-state index in [4.69, 9.17) is 0 Å². The van der Waals surface area contributed by atoms with E-state index in [1.807, 2.05) is 0 Å². The maximum Gasteiger partial charge on any atom is -0.0283 e. The maximum atomic E-state index is 2.63. The van der Waals surface area contributed by atoms with Crippen LogP contribution >= 0.6 is 0 Å². The molecule has 0 aromatic carbocycles. The summed E-state index contributed by atoms with van der Waals surface area (Å²) >= 11 is 0. The lowest BCUT2D eigenvalue weighted by atomic mass is 9.77. The van der Waals surface area contributed by atoms with Gasteiger partial charge < -0.3 is 0 Å². The van der Waals surface area contributed by atoms with E-state index in [1.165, 1.54) is 89.9 Å². The van der Waals surface area contributed by atoms with Crippen LogP contribution < -0.4 is 0 Å². The molecule has 0 amide bonds. The first kappa shape index (κ1) is 18.3. The van der Waals surface area contributed by atoms with E-state index in [1.54, 1.807) is 11.1 Å². The molecule has 24 heavy (non-hydrogen) atoms. The van der Waals surface area contributed by atoms with Gasteiger partial charge in [0.25, 0.3) is 0 Å². The van der Waals surface area contributed by atoms with Gasteiger partial charge in [0.1, 0.15) is 0 Å². The highest BCUT2D eigenvalue weighted by atomic mass is 14.3. The Morgan fingerprint density at radius 3 is 1.88 bits per heavy atom. The Morgan fingerprint density at radius 1 is 0.667 bits per heavy atom. The van der Waals surface area contributed by atoms with Gasteiger partial charge in [-0.15, -0.1) is 0 Å². The Bertz CT molecular complexity index is 433. The van der Waals surface area contributed by atoms with Gasteiger partial charge in [0.15, 0.2) is 0 Å². The van der Waals surface area contributed by atoms with Crippen LogP contribution in [0.25, 0.3) is 0 Å². The van der Waals surface area contributed by atoms with Crippen LogP contribution in [0.1, 0.15) is 104 Å². The quantitative estimate of drug-likeness (QED) is 0.435. The Labute approximate surface area is 151 Å². The third kappa shape index (κ3) is 5.78. The van der Waals surface area contributed by atoms with Crippen molar-refractivity contribution in [2.45, 2.75) is 104 Å². The van der Waals surface area contributed by atoms with Crippen molar-refractivity contribution in [1.82, 2.24) is 0 Å². The largest absolute Gasteiger partial charge is 0.0851 e. The van der Waals surface area contributed by atoms with Gasteiger partial charge in [-0.2, -0.15) is 0 Å². The van der Waals surface area contributed by atoms with Crippen molar-refractivity contribution < 1.29 is 0 Å². The van der Waals surface area contributed by atoms with E-state index in [0.717, 1.165) is 23.7 Å². The van der Waals surface area contributed by atoms with E-state index < -0.39 is 0 Å². The van der Waals surface area contributed by atoms with Crippen molar-refractivity contribution in [1.29, 1.82) is 0 Å². The van der Waals surface area contributed by atoms with Gasteiger partial charge in [-0.1, -0.05) is 69.2 Å². The van der Waals surface area contributed by atoms with Crippen LogP contribution in [0.2, 0.25) is 0 Å². The topological polar surface area (TPSA) is 0 Å². The van der Waals surface area contributed by atoms with Gasteiger partial charge >= 0.3 is 0 Å². The van der Waals surface area contributed by atoms with Crippen molar-refractivity contribution in [3.63, 3.8) is 0 Å². The Morgan fingerprint density at radius 2 is 1.29 bits per heavy atom. The lowest BCUT2D eigenvalue weighted by molar-refractivity contribution is 0.256. The molecule has 0 heterocycles.